The summed E-state index contributed by atoms with van der Waals surface area (Å²) in [5.74, 6) is 1.38. The zero-order chi connectivity index (χ0) is 36.0. The fraction of sp³-hybridized carbons (Fsp3) is 0. The largest absolute Gasteiger partial charge is 0.309 e. The molecule has 54 heavy (non-hydrogen) atoms. The summed E-state index contributed by atoms with van der Waals surface area (Å²) in [6, 6.07) is 63.1. The number of fused-ring (bicyclic) bond motifs is 5. The average molecular weight is 690 g/mol. The first-order valence-electron chi connectivity index (χ1n) is 18.0. The third-order valence-electron chi connectivity index (χ3n) is 10.2. The predicted octanol–water partition coefficient (Wildman–Crippen LogP) is 12.4. The van der Waals surface area contributed by atoms with Gasteiger partial charge in [-0.2, -0.15) is 5.26 Å². The fourth-order valence-corrected chi connectivity index (χ4v) is 7.60. The van der Waals surface area contributed by atoms with Crippen molar-refractivity contribution in [3.05, 3.63) is 193 Å². The van der Waals surface area contributed by atoms with Gasteiger partial charge in [-0.3, -0.25) is 4.57 Å². The number of anilines is 3. The molecule has 5 heteroatoms. The van der Waals surface area contributed by atoms with Gasteiger partial charge in [-0.25, -0.2) is 9.97 Å². The van der Waals surface area contributed by atoms with Crippen molar-refractivity contribution in [1.82, 2.24) is 14.5 Å². The van der Waals surface area contributed by atoms with Crippen LogP contribution >= 0.6 is 0 Å². The highest BCUT2D eigenvalue weighted by molar-refractivity contribution is 6.10. The molecule has 0 radical (unpaired) electrons. The summed E-state index contributed by atoms with van der Waals surface area (Å²) in [7, 11) is 0. The average Bonchev–Trinajstić information content (AvgIpc) is 3.48. The predicted molar refractivity (Wildman–Crippen MR) is 221 cm³/mol. The number of benzene rings is 7. The standard InChI is InChI=1S/C49H31N5/c50-32-33-19-21-36(22-20-33)49-51-43(34-11-3-1-4-12-34)31-48(52-49)54-46-18-10-8-16-41(46)42-30-38(26-28-47(42)54)37-25-27-45-39(29-37)24-23-35-13-7-9-17-44(35)53(45)40-14-5-2-6-15-40/h1-31H. The molecule has 3 heterocycles. The van der Waals surface area contributed by atoms with Crippen LogP contribution in [0.25, 0.3) is 73.5 Å². The van der Waals surface area contributed by atoms with E-state index < -0.39 is 0 Å². The van der Waals surface area contributed by atoms with Gasteiger partial charge in [0.25, 0.3) is 0 Å². The monoisotopic (exact) mass is 689 g/mol. The Kier molecular flexibility index (Phi) is 7.45. The summed E-state index contributed by atoms with van der Waals surface area (Å²) >= 11 is 0. The Labute approximate surface area is 313 Å². The lowest BCUT2D eigenvalue weighted by Gasteiger charge is -2.27. The summed E-state index contributed by atoms with van der Waals surface area (Å²) < 4.78 is 2.24. The Morgan fingerprint density at radius 3 is 1.94 bits per heavy atom. The molecular formula is C49H31N5. The summed E-state index contributed by atoms with van der Waals surface area (Å²) in [6.07, 6.45) is 4.45. The maximum Gasteiger partial charge on any atom is 0.162 e. The highest BCUT2D eigenvalue weighted by Gasteiger charge is 2.21. The summed E-state index contributed by atoms with van der Waals surface area (Å²) in [5.41, 5.74) is 13.4. The lowest BCUT2D eigenvalue weighted by molar-refractivity contribution is 1.05. The highest BCUT2D eigenvalue weighted by atomic mass is 15.1. The van der Waals surface area contributed by atoms with E-state index in [4.69, 9.17) is 9.97 Å². The van der Waals surface area contributed by atoms with E-state index in [1.165, 1.54) is 5.56 Å². The molecule has 0 aliphatic carbocycles. The zero-order valence-corrected chi connectivity index (χ0v) is 29.1. The van der Waals surface area contributed by atoms with E-state index >= 15 is 0 Å². The number of nitriles is 1. The highest BCUT2D eigenvalue weighted by Crippen LogP contribution is 2.43. The molecule has 9 aromatic rings. The van der Waals surface area contributed by atoms with Gasteiger partial charge < -0.3 is 4.90 Å². The second-order valence-electron chi connectivity index (χ2n) is 13.4. The first-order valence-corrected chi connectivity index (χ1v) is 18.0. The van der Waals surface area contributed by atoms with Crippen LogP contribution in [0.15, 0.2) is 176 Å². The van der Waals surface area contributed by atoms with Crippen LogP contribution in [0.3, 0.4) is 0 Å². The smallest absolute Gasteiger partial charge is 0.162 e. The normalized spacial score (nSPS) is 11.9. The molecule has 0 amide bonds. The molecule has 0 bridgehead atoms. The lowest BCUT2D eigenvalue weighted by atomic mass is 9.99. The number of aromatic nitrogens is 3. The van der Waals surface area contributed by atoms with E-state index in [2.05, 4.69) is 161 Å². The van der Waals surface area contributed by atoms with Crippen LogP contribution < -0.4 is 4.90 Å². The van der Waals surface area contributed by atoms with Gasteiger partial charge in [0, 0.05) is 33.7 Å². The van der Waals surface area contributed by atoms with E-state index in [9.17, 15) is 5.26 Å². The van der Waals surface area contributed by atoms with Crippen LogP contribution in [0.5, 0.6) is 0 Å². The van der Waals surface area contributed by atoms with Gasteiger partial charge in [0.15, 0.2) is 5.82 Å². The summed E-state index contributed by atoms with van der Waals surface area (Å²) in [4.78, 5) is 12.5. The van der Waals surface area contributed by atoms with E-state index in [-0.39, 0.29) is 0 Å². The summed E-state index contributed by atoms with van der Waals surface area (Å²) in [6.45, 7) is 0. The number of hydrogen-bond donors (Lipinski definition) is 0. The lowest BCUT2D eigenvalue weighted by Crippen LogP contribution is -2.11. The van der Waals surface area contributed by atoms with Crippen LogP contribution in [0.1, 0.15) is 16.7 Å². The molecule has 0 saturated carbocycles. The molecule has 1 aliphatic rings. The van der Waals surface area contributed by atoms with Crippen LogP contribution in [-0.4, -0.2) is 14.5 Å². The first kappa shape index (κ1) is 31.2. The minimum absolute atomic E-state index is 0.598. The number of nitrogens with zero attached hydrogens (tertiary/aromatic N) is 5. The molecule has 0 fully saturated rings. The fourth-order valence-electron chi connectivity index (χ4n) is 7.60. The molecule has 0 spiro atoms. The van der Waals surface area contributed by atoms with Crippen molar-refractivity contribution < 1.29 is 0 Å². The molecule has 252 valence electrons. The molecule has 10 rings (SSSR count). The minimum atomic E-state index is 0.598. The summed E-state index contributed by atoms with van der Waals surface area (Å²) in [5, 5.41) is 11.7. The van der Waals surface area contributed by atoms with Crippen molar-refractivity contribution in [3.8, 4) is 45.7 Å². The SMILES string of the molecule is N#Cc1ccc(-c2nc(-c3ccccc3)cc(-n3c4ccccc4c4cc(-c5ccc6c(c5)C=Cc5ccccc5N6c5ccccc5)ccc43)n2)cc1. The second kappa shape index (κ2) is 12.9. The van der Waals surface area contributed by atoms with Gasteiger partial charge >= 0.3 is 0 Å². The van der Waals surface area contributed by atoms with Gasteiger partial charge in [-0.15, -0.1) is 0 Å². The van der Waals surface area contributed by atoms with Crippen LogP contribution in [0.4, 0.5) is 17.1 Å². The van der Waals surface area contributed by atoms with E-state index in [0.29, 0.717) is 11.4 Å². The quantitative estimate of drug-likeness (QED) is 0.180. The molecule has 0 N–H and O–H groups in total. The first-order chi connectivity index (χ1) is 26.7. The molecule has 2 aromatic heterocycles. The van der Waals surface area contributed by atoms with E-state index in [1.54, 1.807) is 0 Å². The van der Waals surface area contributed by atoms with Crippen molar-refractivity contribution in [2.75, 3.05) is 4.90 Å². The second-order valence-corrected chi connectivity index (χ2v) is 13.4. The van der Waals surface area contributed by atoms with Crippen LogP contribution in [0.2, 0.25) is 0 Å². The van der Waals surface area contributed by atoms with Gasteiger partial charge in [0.1, 0.15) is 5.82 Å². The Bertz CT molecular complexity index is 2940. The van der Waals surface area contributed by atoms with Gasteiger partial charge in [0.2, 0.25) is 0 Å². The molecule has 0 saturated heterocycles. The molecular weight excluding hydrogens is 659 g/mol. The number of rotatable bonds is 5. The van der Waals surface area contributed by atoms with Crippen molar-refractivity contribution >= 4 is 51.0 Å². The Morgan fingerprint density at radius 2 is 1.11 bits per heavy atom. The Morgan fingerprint density at radius 1 is 0.463 bits per heavy atom. The molecule has 1 aliphatic heterocycles. The number of hydrogen-bond acceptors (Lipinski definition) is 4. The van der Waals surface area contributed by atoms with Gasteiger partial charge in [-0.05, 0) is 95.1 Å². The van der Waals surface area contributed by atoms with Crippen LogP contribution in [-0.2, 0) is 0 Å². The van der Waals surface area contributed by atoms with Crippen molar-refractivity contribution in [2.45, 2.75) is 0 Å². The Hall–Kier alpha value is -7.55. The van der Waals surface area contributed by atoms with Gasteiger partial charge in [0.05, 0.1) is 39.7 Å². The Balaban J connectivity index is 1.13. The number of para-hydroxylation sites is 3. The maximum atomic E-state index is 9.42. The van der Waals surface area contributed by atoms with Gasteiger partial charge in [-0.1, -0.05) is 109 Å². The van der Waals surface area contributed by atoms with E-state index in [1.807, 2.05) is 42.5 Å². The maximum absolute atomic E-state index is 9.42. The van der Waals surface area contributed by atoms with Crippen molar-refractivity contribution in [2.24, 2.45) is 0 Å². The minimum Gasteiger partial charge on any atom is -0.309 e. The van der Waals surface area contributed by atoms with Crippen molar-refractivity contribution in [1.29, 1.82) is 5.26 Å². The van der Waals surface area contributed by atoms with Crippen LogP contribution in [0, 0.1) is 11.3 Å². The molecule has 0 unspecified atom stereocenters. The molecule has 7 aromatic carbocycles. The van der Waals surface area contributed by atoms with E-state index in [0.717, 1.165) is 78.2 Å². The third-order valence-corrected chi connectivity index (χ3v) is 10.2. The third kappa shape index (κ3) is 5.33. The molecule has 5 nitrogen and oxygen atoms in total. The zero-order valence-electron chi connectivity index (χ0n) is 29.1. The van der Waals surface area contributed by atoms with Crippen molar-refractivity contribution in [3.63, 3.8) is 0 Å². The molecule has 0 atom stereocenters. The topological polar surface area (TPSA) is 57.7 Å².